The van der Waals surface area contributed by atoms with E-state index in [2.05, 4.69) is 10.4 Å². The molecule has 9 heteroatoms. The highest BCUT2D eigenvalue weighted by atomic mass is 16.5. The highest BCUT2D eigenvalue weighted by Gasteiger charge is 2.21. The van der Waals surface area contributed by atoms with Crippen LogP contribution in [0.15, 0.2) is 74.9 Å². The molecule has 0 aliphatic rings. The van der Waals surface area contributed by atoms with Crippen LogP contribution in [-0.2, 0) is 13.1 Å². The first-order chi connectivity index (χ1) is 16.4. The molecule has 0 aliphatic heterocycles. The molecule has 0 atom stereocenters. The number of benzene rings is 2. The second-order valence-electron chi connectivity index (χ2n) is 7.82. The first kappa shape index (κ1) is 22.8. The molecule has 2 aromatic heterocycles. The maximum Gasteiger partial charge on any atom is 0.352 e. The van der Waals surface area contributed by atoms with E-state index in [1.54, 1.807) is 48.5 Å². The summed E-state index contributed by atoms with van der Waals surface area (Å²) >= 11 is 0. The number of nitrogens with one attached hydrogen (secondary N) is 1. The van der Waals surface area contributed by atoms with Crippen LogP contribution < -0.4 is 21.3 Å². The van der Waals surface area contributed by atoms with Crippen LogP contribution >= 0.6 is 0 Å². The summed E-state index contributed by atoms with van der Waals surface area (Å²) in [7, 11) is 1.53. The molecular weight excluding hydrogens is 436 g/mol. The normalized spacial score (nSPS) is 10.8. The molecule has 0 aliphatic carbocycles. The van der Waals surface area contributed by atoms with Gasteiger partial charge in [0.15, 0.2) is 0 Å². The number of nitrogens with zero attached hydrogens (tertiary/aromatic N) is 3. The number of methoxy groups -OCH3 is 1. The van der Waals surface area contributed by atoms with Crippen LogP contribution in [0.25, 0.3) is 5.69 Å². The molecule has 0 fully saturated rings. The number of hydrogen-bond donors (Lipinski definition) is 1. The fourth-order valence-electron chi connectivity index (χ4n) is 3.44. The number of rotatable bonds is 7. The third kappa shape index (κ3) is 4.68. The van der Waals surface area contributed by atoms with Crippen molar-refractivity contribution in [1.29, 1.82) is 0 Å². The van der Waals surface area contributed by atoms with Crippen LogP contribution in [0.3, 0.4) is 0 Å². The Labute approximate surface area is 195 Å². The SMILES string of the molecule is COc1cccc(Cn2c(=O)c(C(=O)NCc3ccco3)nn(-c3ccc(C)c(C)c3)c2=O)c1. The Morgan fingerprint density at radius 2 is 1.88 bits per heavy atom. The van der Waals surface area contributed by atoms with Gasteiger partial charge in [-0.1, -0.05) is 18.2 Å². The summed E-state index contributed by atoms with van der Waals surface area (Å²) < 4.78 is 12.5. The molecule has 2 aromatic carbocycles. The minimum atomic E-state index is -0.787. The highest BCUT2D eigenvalue weighted by molar-refractivity contribution is 5.91. The molecule has 0 unspecified atom stereocenters. The van der Waals surface area contributed by atoms with Crippen LogP contribution in [0.4, 0.5) is 0 Å². The van der Waals surface area contributed by atoms with Crippen LogP contribution in [0, 0.1) is 13.8 Å². The predicted octanol–water partition coefficient (Wildman–Crippen LogP) is 2.59. The second-order valence-corrected chi connectivity index (χ2v) is 7.82. The van der Waals surface area contributed by atoms with Crippen LogP contribution in [-0.4, -0.2) is 27.4 Å². The Morgan fingerprint density at radius 1 is 1.06 bits per heavy atom. The van der Waals surface area contributed by atoms with Crippen molar-refractivity contribution in [3.8, 4) is 11.4 Å². The fourth-order valence-corrected chi connectivity index (χ4v) is 3.44. The molecule has 4 aromatic rings. The van der Waals surface area contributed by atoms with Crippen molar-refractivity contribution in [3.63, 3.8) is 0 Å². The summed E-state index contributed by atoms with van der Waals surface area (Å²) in [5.74, 6) is 0.399. The van der Waals surface area contributed by atoms with Gasteiger partial charge in [0.05, 0.1) is 32.1 Å². The van der Waals surface area contributed by atoms with E-state index in [0.717, 1.165) is 20.4 Å². The van der Waals surface area contributed by atoms with E-state index in [9.17, 15) is 14.4 Å². The minimum Gasteiger partial charge on any atom is -0.497 e. The van der Waals surface area contributed by atoms with Crippen molar-refractivity contribution in [1.82, 2.24) is 19.7 Å². The molecule has 4 rings (SSSR count). The van der Waals surface area contributed by atoms with Gasteiger partial charge in [-0.3, -0.25) is 14.2 Å². The van der Waals surface area contributed by atoms with Gasteiger partial charge in [-0.25, -0.2) is 4.79 Å². The molecule has 0 saturated carbocycles. The number of aromatic nitrogens is 3. The average molecular weight is 460 g/mol. The standard InChI is InChI=1S/C25H24N4O5/c1-16-9-10-19(12-17(16)2)29-25(32)28(15-18-6-4-7-20(13-18)33-3)24(31)22(27-29)23(30)26-14-21-8-5-11-34-21/h4-13H,14-15H2,1-3H3,(H,26,30). The summed E-state index contributed by atoms with van der Waals surface area (Å²) in [6, 6.07) is 15.8. The summed E-state index contributed by atoms with van der Waals surface area (Å²) in [5, 5.41) is 6.78. The van der Waals surface area contributed by atoms with Gasteiger partial charge in [0.25, 0.3) is 11.5 Å². The number of ether oxygens (including phenoxy) is 1. The minimum absolute atomic E-state index is 0.0549. The largest absolute Gasteiger partial charge is 0.497 e. The fraction of sp³-hybridized carbons (Fsp3) is 0.200. The van der Waals surface area contributed by atoms with Crippen molar-refractivity contribution in [3.05, 3.63) is 110 Å². The first-order valence-electron chi connectivity index (χ1n) is 10.6. The van der Waals surface area contributed by atoms with Gasteiger partial charge in [0, 0.05) is 0 Å². The molecule has 1 N–H and O–H groups in total. The Kier molecular flexibility index (Phi) is 6.44. The van der Waals surface area contributed by atoms with Crippen molar-refractivity contribution in [2.75, 3.05) is 7.11 Å². The molecule has 1 amide bonds. The van der Waals surface area contributed by atoms with Gasteiger partial charge < -0.3 is 14.5 Å². The Hall–Kier alpha value is -4.40. The lowest BCUT2D eigenvalue weighted by molar-refractivity contribution is 0.0938. The maximum atomic E-state index is 13.4. The number of hydrogen-bond acceptors (Lipinski definition) is 6. The van der Waals surface area contributed by atoms with E-state index in [1.807, 2.05) is 19.9 Å². The molecule has 0 radical (unpaired) electrons. The molecule has 2 heterocycles. The lowest BCUT2D eigenvalue weighted by Crippen LogP contribution is -2.46. The van der Waals surface area contributed by atoms with Crippen LogP contribution in [0.2, 0.25) is 0 Å². The summed E-state index contributed by atoms with van der Waals surface area (Å²) in [6.45, 7) is 3.88. The third-order valence-corrected chi connectivity index (χ3v) is 5.49. The Balaban J connectivity index is 1.82. The van der Waals surface area contributed by atoms with Gasteiger partial charge in [-0.15, -0.1) is 0 Å². The summed E-state index contributed by atoms with van der Waals surface area (Å²) in [4.78, 5) is 39.5. The van der Waals surface area contributed by atoms with Gasteiger partial charge in [0.2, 0.25) is 5.69 Å². The van der Waals surface area contributed by atoms with E-state index in [-0.39, 0.29) is 13.1 Å². The zero-order chi connectivity index (χ0) is 24.2. The van der Waals surface area contributed by atoms with Gasteiger partial charge >= 0.3 is 5.69 Å². The lowest BCUT2D eigenvalue weighted by Gasteiger charge is -2.13. The monoisotopic (exact) mass is 460 g/mol. The van der Waals surface area contributed by atoms with Crippen molar-refractivity contribution in [2.24, 2.45) is 0 Å². The summed E-state index contributed by atoms with van der Waals surface area (Å²) in [6.07, 6.45) is 1.49. The Bertz CT molecular complexity index is 1450. The highest BCUT2D eigenvalue weighted by Crippen LogP contribution is 2.14. The summed E-state index contributed by atoms with van der Waals surface area (Å²) in [5.41, 5.74) is 1.26. The number of aryl methyl sites for hydroxylation is 2. The number of carbonyl (C=O) groups is 1. The maximum absolute atomic E-state index is 13.4. The van der Waals surface area contributed by atoms with Gasteiger partial charge in [-0.05, 0) is 66.9 Å². The van der Waals surface area contributed by atoms with E-state index >= 15 is 0 Å². The molecule has 0 saturated heterocycles. The smallest absolute Gasteiger partial charge is 0.352 e. The average Bonchev–Trinajstić information content (AvgIpc) is 3.36. The Morgan fingerprint density at radius 3 is 2.59 bits per heavy atom. The molecule has 0 spiro atoms. The molecule has 9 nitrogen and oxygen atoms in total. The van der Waals surface area contributed by atoms with Crippen LogP contribution in [0.5, 0.6) is 5.75 Å². The van der Waals surface area contributed by atoms with Crippen LogP contribution in [0.1, 0.15) is 32.9 Å². The van der Waals surface area contributed by atoms with Gasteiger partial charge in [0.1, 0.15) is 11.5 Å². The molecular formula is C25H24N4O5. The van der Waals surface area contributed by atoms with E-state index in [1.165, 1.54) is 13.4 Å². The quantitative estimate of drug-likeness (QED) is 0.454. The zero-order valence-electron chi connectivity index (χ0n) is 19.1. The van der Waals surface area contributed by atoms with E-state index in [0.29, 0.717) is 22.8 Å². The van der Waals surface area contributed by atoms with E-state index < -0.39 is 22.9 Å². The number of furan rings is 1. The van der Waals surface area contributed by atoms with Gasteiger partial charge in [-0.2, -0.15) is 9.78 Å². The third-order valence-electron chi connectivity index (χ3n) is 5.49. The first-order valence-corrected chi connectivity index (χ1v) is 10.6. The molecule has 34 heavy (non-hydrogen) atoms. The van der Waals surface area contributed by atoms with Crippen molar-refractivity contribution >= 4 is 5.91 Å². The predicted molar refractivity (Wildman–Crippen MR) is 126 cm³/mol. The topological polar surface area (TPSA) is 108 Å². The molecule has 174 valence electrons. The zero-order valence-corrected chi connectivity index (χ0v) is 19.1. The number of carbonyl (C=O) groups excluding carboxylic acids is 1. The van der Waals surface area contributed by atoms with Crippen molar-refractivity contribution < 1.29 is 13.9 Å². The van der Waals surface area contributed by atoms with Crippen molar-refractivity contribution in [2.45, 2.75) is 26.9 Å². The number of amides is 1. The second kappa shape index (κ2) is 9.62. The molecule has 0 bridgehead atoms. The van der Waals surface area contributed by atoms with E-state index in [4.69, 9.17) is 9.15 Å². The lowest BCUT2D eigenvalue weighted by atomic mass is 10.1.